The molecule has 0 aliphatic rings. The highest BCUT2D eigenvalue weighted by molar-refractivity contribution is 5.78. The highest BCUT2D eigenvalue weighted by Crippen LogP contribution is 2.01. The summed E-state index contributed by atoms with van der Waals surface area (Å²) in [7, 11) is 0. The molecule has 2 aromatic heterocycles. The minimum Gasteiger partial charge on any atom is -0.397 e. The molecule has 1 amide bonds. The molecule has 0 aliphatic carbocycles. The monoisotopic (exact) mass is 259 g/mol. The zero-order valence-electron chi connectivity index (χ0n) is 10.8. The van der Waals surface area contributed by atoms with Crippen molar-refractivity contribution in [2.75, 3.05) is 12.3 Å². The first-order valence-corrected chi connectivity index (χ1v) is 6.10. The second-order valence-electron chi connectivity index (χ2n) is 4.28. The number of nitrogen functional groups attached to an aromatic ring is 1. The van der Waals surface area contributed by atoms with Gasteiger partial charge in [0.25, 0.3) is 0 Å². The number of anilines is 1. The highest BCUT2D eigenvalue weighted by Gasteiger charge is 2.04. The molecule has 0 unspecified atom stereocenters. The lowest BCUT2D eigenvalue weighted by molar-refractivity contribution is -0.120. The number of amides is 1. The Labute approximate surface area is 111 Å². The molecule has 0 fully saturated rings. The number of imidazole rings is 1. The molecule has 0 spiro atoms. The fraction of sp³-hybridized carbons (Fsp3) is 0.308. The van der Waals surface area contributed by atoms with Crippen LogP contribution in [0.1, 0.15) is 11.5 Å². The molecule has 0 bridgehead atoms. The van der Waals surface area contributed by atoms with Gasteiger partial charge in [0, 0.05) is 31.2 Å². The molecule has 0 aromatic carbocycles. The summed E-state index contributed by atoms with van der Waals surface area (Å²) in [6.45, 7) is 3.22. The molecule has 19 heavy (non-hydrogen) atoms. The van der Waals surface area contributed by atoms with Crippen LogP contribution in [0.4, 0.5) is 5.69 Å². The first-order valence-electron chi connectivity index (χ1n) is 6.10. The van der Waals surface area contributed by atoms with E-state index in [1.165, 1.54) is 0 Å². The molecule has 0 atom stereocenters. The summed E-state index contributed by atoms with van der Waals surface area (Å²) < 4.78 is 1.99. The van der Waals surface area contributed by atoms with E-state index < -0.39 is 0 Å². The molecule has 0 aliphatic heterocycles. The number of nitrogens with one attached hydrogen (secondary N) is 1. The van der Waals surface area contributed by atoms with E-state index in [4.69, 9.17) is 5.73 Å². The van der Waals surface area contributed by atoms with Crippen LogP contribution in [0.25, 0.3) is 0 Å². The average Bonchev–Trinajstić information content (AvgIpc) is 2.78. The van der Waals surface area contributed by atoms with Gasteiger partial charge in [-0.15, -0.1) is 0 Å². The van der Waals surface area contributed by atoms with Gasteiger partial charge in [0.1, 0.15) is 5.82 Å². The molecule has 3 N–H and O–H groups in total. The van der Waals surface area contributed by atoms with Crippen LogP contribution in [0.5, 0.6) is 0 Å². The highest BCUT2D eigenvalue weighted by atomic mass is 16.1. The maximum Gasteiger partial charge on any atom is 0.226 e. The van der Waals surface area contributed by atoms with Gasteiger partial charge >= 0.3 is 0 Å². The second-order valence-corrected chi connectivity index (χ2v) is 4.28. The molecular formula is C13H17N5O. The number of carbonyl (C=O) groups excluding carboxylic acids is 1. The van der Waals surface area contributed by atoms with Crippen LogP contribution in [0.3, 0.4) is 0 Å². The van der Waals surface area contributed by atoms with Gasteiger partial charge in [0.05, 0.1) is 18.3 Å². The average molecular weight is 259 g/mol. The van der Waals surface area contributed by atoms with Gasteiger partial charge in [-0.3, -0.25) is 9.78 Å². The van der Waals surface area contributed by atoms with E-state index in [9.17, 15) is 4.79 Å². The van der Waals surface area contributed by atoms with Crippen LogP contribution in [0.2, 0.25) is 0 Å². The van der Waals surface area contributed by atoms with E-state index in [1.54, 1.807) is 24.5 Å². The third-order valence-electron chi connectivity index (χ3n) is 2.79. The largest absolute Gasteiger partial charge is 0.397 e. The van der Waals surface area contributed by atoms with E-state index in [1.807, 2.05) is 17.7 Å². The molecule has 0 saturated carbocycles. The zero-order valence-corrected chi connectivity index (χ0v) is 10.8. The van der Waals surface area contributed by atoms with E-state index in [0.717, 1.165) is 5.82 Å². The smallest absolute Gasteiger partial charge is 0.226 e. The molecule has 6 heteroatoms. The Hall–Kier alpha value is -2.37. The van der Waals surface area contributed by atoms with E-state index in [-0.39, 0.29) is 12.3 Å². The van der Waals surface area contributed by atoms with Gasteiger partial charge in [0.2, 0.25) is 5.91 Å². The van der Waals surface area contributed by atoms with Gasteiger partial charge in [-0.1, -0.05) is 0 Å². The number of nitrogens with zero attached hydrogens (tertiary/aromatic N) is 3. The van der Waals surface area contributed by atoms with Crippen molar-refractivity contribution in [2.24, 2.45) is 0 Å². The summed E-state index contributed by atoms with van der Waals surface area (Å²) in [6.07, 6.45) is 5.46. The van der Waals surface area contributed by atoms with Crippen molar-refractivity contribution in [3.63, 3.8) is 0 Å². The van der Waals surface area contributed by atoms with Gasteiger partial charge in [-0.2, -0.15) is 0 Å². The first kappa shape index (κ1) is 13.1. The number of pyridine rings is 1. The standard InChI is InChI=1S/C13H17N5O/c1-10-15-4-6-18(10)7-5-16-13(19)8-12-3-2-11(14)9-17-12/h2-4,6,9H,5,7-8,14H2,1H3,(H,16,19). The van der Waals surface area contributed by atoms with Gasteiger partial charge in [-0.05, 0) is 19.1 Å². The zero-order chi connectivity index (χ0) is 13.7. The third-order valence-corrected chi connectivity index (χ3v) is 2.79. The quantitative estimate of drug-likeness (QED) is 0.820. The molecule has 2 heterocycles. The normalized spacial score (nSPS) is 10.4. The van der Waals surface area contributed by atoms with E-state index in [0.29, 0.717) is 24.5 Å². The minimum atomic E-state index is -0.0463. The van der Waals surface area contributed by atoms with Crippen LogP contribution in [0, 0.1) is 6.92 Å². The maximum absolute atomic E-state index is 11.7. The summed E-state index contributed by atoms with van der Waals surface area (Å²) >= 11 is 0. The molecule has 2 rings (SSSR count). The number of rotatable bonds is 5. The lowest BCUT2D eigenvalue weighted by atomic mass is 10.2. The van der Waals surface area contributed by atoms with E-state index >= 15 is 0 Å². The van der Waals surface area contributed by atoms with E-state index in [2.05, 4.69) is 15.3 Å². The lowest BCUT2D eigenvalue weighted by Gasteiger charge is -2.07. The fourth-order valence-corrected chi connectivity index (χ4v) is 1.72. The van der Waals surface area contributed by atoms with Crippen molar-refractivity contribution >= 4 is 11.6 Å². The molecule has 0 saturated heterocycles. The Morgan fingerprint density at radius 2 is 2.26 bits per heavy atom. The number of hydrogen-bond donors (Lipinski definition) is 2. The molecule has 0 radical (unpaired) electrons. The summed E-state index contributed by atoms with van der Waals surface area (Å²) in [6, 6.07) is 3.50. The number of carbonyl (C=O) groups is 1. The SMILES string of the molecule is Cc1nccn1CCNC(=O)Cc1ccc(N)cn1. The Balaban J connectivity index is 1.76. The Morgan fingerprint density at radius 1 is 1.42 bits per heavy atom. The summed E-state index contributed by atoms with van der Waals surface area (Å²) in [4.78, 5) is 19.9. The summed E-state index contributed by atoms with van der Waals surface area (Å²) in [5.74, 6) is 0.893. The van der Waals surface area contributed by atoms with Crippen molar-refractivity contribution in [2.45, 2.75) is 19.9 Å². The van der Waals surface area contributed by atoms with Crippen LogP contribution in [0.15, 0.2) is 30.7 Å². The van der Waals surface area contributed by atoms with Crippen LogP contribution in [-0.4, -0.2) is 27.0 Å². The third kappa shape index (κ3) is 3.80. The maximum atomic E-state index is 11.7. The summed E-state index contributed by atoms with van der Waals surface area (Å²) in [5.41, 5.74) is 6.84. The van der Waals surface area contributed by atoms with Crippen molar-refractivity contribution in [1.82, 2.24) is 19.9 Å². The van der Waals surface area contributed by atoms with Crippen molar-refractivity contribution < 1.29 is 4.79 Å². The Bertz CT molecular complexity index is 546. The van der Waals surface area contributed by atoms with Crippen molar-refractivity contribution in [3.05, 3.63) is 42.2 Å². The number of nitrogens with two attached hydrogens (primary N) is 1. The van der Waals surface area contributed by atoms with Gasteiger partial charge < -0.3 is 15.6 Å². The first-order chi connectivity index (χ1) is 9.15. The molecule has 6 nitrogen and oxygen atoms in total. The fourth-order valence-electron chi connectivity index (χ4n) is 1.72. The predicted molar refractivity (Wildman–Crippen MR) is 72.3 cm³/mol. The van der Waals surface area contributed by atoms with Crippen molar-refractivity contribution in [1.29, 1.82) is 0 Å². The minimum absolute atomic E-state index is 0.0463. The molecule has 100 valence electrons. The van der Waals surface area contributed by atoms with Gasteiger partial charge in [0.15, 0.2) is 0 Å². The molecule has 2 aromatic rings. The van der Waals surface area contributed by atoms with Crippen LogP contribution in [-0.2, 0) is 17.8 Å². The Kier molecular flexibility index (Phi) is 4.12. The predicted octanol–water partition coefficient (Wildman–Crippen LogP) is 0.528. The number of aryl methyl sites for hydroxylation is 1. The topological polar surface area (TPSA) is 85.8 Å². The van der Waals surface area contributed by atoms with Crippen LogP contribution >= 0.6 is 0 Å². The number of aromatic nitrogens is 3. The number of hydrogen-bond acceptors (Lipinski definition) is 4. The lowest BCUT2D eigenvalue weighted by Crippen LogP contribution is -2.29. The summed E-state index contributed by atoms with van der Waals surface area (Å²) in [5, 5.41) is 2.85. The Morgan fingerprint density at radius 3 is 2.89 bits per heavy atom. The van der Waals surface area contributed by atoms with Crippen molar-refractivity contribution in [3.8, 4) is 0 Å². The second kappa shape index (κ2) is 5.99. The van der Waals surface area contributed by atoms with Crippen LogP contribution < -0.4 is 11.1 Å². The van der Waals surface area contributed by atoms with Gasteiger partial charge in [-0.25, -0.2) is 4.98 Å². The molecular weight excluding hydrogens is 242 g/mol.